The predicted octanol–water partition coefficient (Wildman–Crippen LogP) is 2.90. The van der Waals surface area contributed by atoms with Crippen LogP contribution in [0.5, 0.6) is 0 Å². The van der Waals surface area contributed by atoms with Crippen LogP contribution in [0.2, 0.25) is 0 Å². The van der Waals surface area contributed by atoms with E-state index in [4.69, 9.17) is 5.73 Å². The molecule has 0 fully saturated rings. The molecule has 0 aliphatic heterocycles. The molecule has 0 bridgehead atoms. The molecule has 28 heavy (non-hydrogen) atoms. The fourth-order valence-electron chi connectivity index (χ4n) is 2.34. The summed E-state index contributed by atoms with van der Waals surface area (Å²) >= 11 is 0. The van der Waals surface area contributed by atoms with Gasteiger partial charge in [-0.1, -0.05) is 12.1 Å². The molecule has 1 amide bonds. The first-order chi connectivity index (χ1) is 13.4. The van der Waals surface area contributed by atoms with E-state index in [0.717, 1.165) is 0 Å². The maximum atomic E-state index is 12.9. The summed E-state index contributed by atoms with van der Waals surface area (Å²) in [4.78, 5) is 31.7. The Morgan fingerprint density at radius 1 is 1.00 bits per heavy atom. The number of amides is 1. The van der Waals surface area contributed by atoms with Gasteiger partial charge in [0.15, 0.2) is 17.4 Å². The number of carbonyl (C=O) groups is 2. The third-order valence-corrected chi connectivity index (χ3v) is 3.82. The van der Waals surface area contributed by atoms with E-state index in [-0.39, 0.29) is 22.9 Å². The Labute approximate surface area is 160 Å². The van der Waals surface area contributed by atoms with Crippen molar-refractivity contribution < 1.29 is 14.0 Å². The minimum absolute atomic E-state index is 0.0647. The summed E-state index contributed by atoms with van der Waals surface area (Å²) < 4.78 is 12.9. The van der Waals surface area contributed by atoms with Gasteiger partial charge in [-0.2, -0.15) is 0 Å². The van der Waals surface area contributed by atoms with Crippen molar-refractivity contribution in [2.75, 3.05) is 16.5 Å². The number of hydrazine groups is 1. The van der Waals surface area contributed by atoms with E-state index >= 15 is 0 Å². The molecule has 0 saturated carbocycles. The van der Waals surface area contributed by atoms with Crippen molar-refractivity contribution in [3.63, 3.8) is 0 Å². The topological polar surface area (TPSA) is 122 Å². The molecular weight excluding hydrogens is 363 g/mol. The van der Waals surface area contributed by atoms with Crippen LogP contribution in [0.4, 0.5) is 27.4 Å². The maximum Gasteiger partial charge on any atom is 0.269 e. The van der Waals surface area contributed by atoms with Gasteiger partial charge in [-0.15, -0.1) is 0 Å². The lowest BCUT2D eigenvalue weighted by Gasteiger charge is -2.13. The number of hydrogen-bond donors (Lipinski definition) is 4. The number of anilines is 4. The van der Waals surface area contributed by atoms with Crippen LogP contribution in [0.15, 0.2) is 54.9 Å². The SMILES string of the molecule is CC(=O)c1cccc(Nc2ncnc(NNC(=O)c3ccc(F)cc3)c2N)c1. The first-order valence-corrected chi connectivity index (χ1v) is 8.24. The van der Waals surface area contributed by atoms with Gasteiger partial charge in [0.2, 0.25) is 0 Å². The summed E-state index contributed by atoms with van der Waals surface area (Å²) in [6, 6.07) is 11.9. The summed E-state index contributed by atoms with van der Waals surface area (Å²) in [6.07, 6.45) is 1.26. The molecule has 0 aliphatic rings. The molecule has 0 atom stereocenters. The zero-order chi connectivity index (χ0) is 20.1. The number of nitrogens with two attached hydrogens (primary N) is 1. The minimum Gasteiger partial charge on any atom is -0.393 e. The minimum atomic E-state index is -0.485. The number of nitrogens with one attached hydrogen (secondary N) is 3. The van der Waals surface area contributed by atoms with E-state index in [9.17, 15) is 14.0 Å². The zero-order valence-corrected chi connectivity index (χ0v) is 14.9. The van der Waals surface area contributed by atoms with Crippen molar-refractivity contribution in [2.45, 2.75) is 6.92 Å². The van der Waals surface area contributed by atoms with Crippen molar-refractivity contribution in [1.82, 2.24) is 15.4 Å². The number of benzene rings is 2. The van der Waals surface area contributed by atoms with E-state index in [0.29, 0.717) is 17.1 Å². The van der Waals surface area contributed by atoms with E-state index in [1.807, 2.05) is 0 Å². The number of ketones is 1. The monoisotopic (exact) mass is 380 g/mol. The highest BCUT2D eigenvalue weighted by atomic mass is 19.1. The van der Waals surface area contributed by atoms with Gasteiger partial charge in [0.05, 0.1) is 0 Å². The molecule has 0 aliphatic carbocycles. The number of rotatable bonds is 6. The average Bonchev–Trinajstić information content (AvgIpc) is 2.69. The third-order valence-electron chi connectivity index (χ3n) is 3.82. The van der Waals surface area contributed by atoms with Crippen LogP contribution in [0, 0.1) is 5.82 Å². The zero-order valence-electron chi connectivity index (χ0n) is 14.9. The average molecular weight is 380 g/mol. The van der Waals surface area contributed by atoms with Crippen LogP contribution in [0.3, 0.4) is 0 Å². The second kappa shape index (κ2) is 8.12. The van der Waals surface area contributed by atoms with Gasteiger partial charge in [-0.05, 0) is 43.3 Å². The molecule has 1 aromatic heterocycles. The fourth-order valence-corrected chi connectivity index (χ4v) is 2.34. The van der Waals surface area contributed by atoms with Crippen molar-refractivity contribution >= 4 is 34.7 Å². The van der Waals surface area contributed by atoms with Crippen LogP contribution in [-0.4, -0.2) is 21.7 Å². The highest BCUT2D eigenvalue weighted by molar-refractivity contribution is 5.96. The summed E-state index contributed by atoms with van der Waals surface area (Å²) in [5.41, 5.74) is 12.7. The van der Waals surface area contributed by atoms with Gasteiger partial charge in [0.25, 0.3) is 5.91 Å². The standard InChI is InChI=1S/C19H17FN6O2/c1-11(27)13-3-2-4-15(9-13)24-17-16(21)18(23-10-22-17)25-26-19(28)12-5-7-14(20)8-6-12/h2-10H,21H2,1H3,(H,26,28)(H2,22,23,24,25). The molecule has 3 aromatic rings. The normalized spacial score (nSPS) is 10.2. The number of aromatic nitrogens is 2. The Morgan fingerprint density at radius 2 is 1.71 bits per heavy atom. The molecular formula is C19H17FN6O2. The van der Waals surface area contributed by atoms with Gasteiger partial charge >= 0.3 is 0 Å². The number of halogens is 1. The molecule has 0 unspecified atom stereocenters. The van der Waals surface area contributed by atoms with Gasteiger partial charge in [0, 0.05) is 16.8 Å². The predicted molar refractivity (Wildman–Crippen MR) is 104 cm³/mol. The van der Waals surface area contributed by atoms with E-state index in [2.05, 4.69) is 26.1 Å². The maximum absolute atomic E-state index is 12.9. The lowest BCUT2D eigenvalue weighted by Crippen LogP contribution is -2.30. The molecule has 0 saturated heterocycles. The Kier molecular flexibility index (Phi) is 5.45. The van der Waals surface area contributed by atoms with Crippen LogP contribution in [0.1, 0.15) is 27.6 Å². The number of hydrogen-bond acceptors (Lipinski definition) is 7. The van der Waals surface area contributed by atoms with E-state index < -0.39 is 11.7 Å². The van der Waals surface area contributed by atoms with Crippen molar-refractivity contribution in [3.05, 3.63) is 71.8 Å². The molecule has 0 radical (unpaired) electrons. The summed E-state index contributed by atoms with van der Waals surface area (Å²) in [6.45, 7) is 1.48. The number of nitrogens with zero attached hydrogens (tertiary/aromatic N) is 2. The Hall–Kier alpha value is -4.01. The fraction of sp³-hybridized carbons (Fsp3) is 0.0526. The first-order valence-electron chi connectivity index (χ1n) is 8.24. The molecule has 3 rings (SSSR count). The largest absolute Gasteiger partial charge is 0.393 e. The molecule has 9 heteroatoms. The quantitative estimate of drug-likeness (QED) is 0.383. The van der Waals surface area contributed by atoms with E-state index in [1.165, 1.54) is 37.5 Å². The van der Waals surface area contributed by atoms with Crippen LogP contribution >= 0.6 is 0 Å². The Bertz CT molecular complexity index is 1020. The first kappa shape index (κ1) is 18.8. The number of Topliss-reactive ketones (excluding diaryl/α,β-unsaturated/α-hetero) is 1. The van der Waals surface area contributed by atoms with Crippen LogP contribution < -0.4 is 21.9 Å². The van der Waals surface area contributed by atoms with Crippen molar-refractivity contribution in [2.24, 2.45) is 0 Å². The summed E-state index contributed by atoms with van der Waals surface area (Å²) in [7, 11) is 0. The van der Waals surface area contributed by atoms with Crippen LogP contribution in [-0.2, 0) is 0 Å². The Morgan fingerprint density at radius 3 is 2.43 bits per heavy atom. The highest BCUT2D eigenvalue weighted by Crippen LogP contribution is 2.25. The van der Waals surface area contributed by atoms with Gasteiger partial charge in [-0.3, -0.25) is 20.4 Å². The van der Waals surface area contributed by atoms with Gasteiger partial charge in [0.1, 0.15) is 17.8 Å². The number of carbonyl (C=O) groups excluding carboxylic acids is 2. The van der Waals surface area contributed by atoms with Crippen molar-refractivity contribution in [1.29, 1.82) is 0 Å². The third kappa shape index (κ3) is 4.39. The molecule has 8 nitrogen and oxygen atoms in total. The van der Waals surface area contributed by atoms with Crippen molar-refractivity contribution in [3.8, 4) is 0 Å². The van der Waals surface area contributed by atoms with Gasteiger partial charge in [-0.25, -0.2) is 14.4 Å². The van der Waals surface area contributed by atoms with E-state index in [1.54, 1.807) is 24.3 Å². The molecule has 1 heterocycles. The summed E-state index contributed by atoms with van der Waals surface area (Å²) in [5, 5.41) is 3.01. The molecule has 2 aromatic carbocycles. The second-order valence-electron chi connectivity index (χ2n) is 5.83. The molecule has 0 spiro atoms. The van der Waals surface area contributed by atoms with Crippen LogP contribution in [0.25, 0.3) is 0 Å². The van der Waals surface area contributed by atoms with Gasteiger partial charge < -0.3 is 11.1 Å². The molecule has 5 N–H and O–H groups in total. The Balaban J connectivity index is 1.72. The lowest BCUT2D eigenvalue weighted by atomic mass is 10.1. The smallest absolute Gasteiger partial charge is 0.269 e. The molecule has 142 valence electrons. The lowest BCUT2D eigenvalue weighted by molar-refractivity contribution is 0.0961. The number of nitrogen functional groups attached to an aromatic ring is 1. The highest BCUT2D eigenvalue weighted by Gasteiger charge is 2.11. The second-order valence-corrected chi connectivity index (χ2v) is 5.83. The summed E-state index contributed by atoms with van der Waals surface area (Å²) in [5.74, 6) is -0.508.